The van der Waals surface area contributed by atoms with Crippen LogP contribution in [0.25, 0.3) is 0 Å². The molecule has 1 aliphatic rings. The van der Waals surface area contributed by atoms with E-state index in [2.05, 4.69) is 5.32 Å². The predicted octanol–water partition coefficient (Wildman–Crippen LogP) is 2.48. The van der Waals surface area contributed by atoms with Gasteiger partial charge in [-0.1, -0.05) is 12.1 Å². The molecule has 1 aromatic carbocycles. The first-order chi connectivity index (χ1) is 8.85. The third-order valence-electron chi connectivity index (χ3n) is 3.49. The topological polar surface area (TPSA) is 29.1 Å². The summed E-state index contributed by atoms with van der Waals surface area (Å²) in [5.41, 5.74) is -2.07. The molecule has 1 aliphatic heterocycles. The zero-order valence-corrected chi connectivity index (χ0v) is 10.1. The van der Waals surface area contributed by atoms with Gasteiger partial charge in [0, 0.05) is 13.0 Å². The van der Waals surface area contributed by atoms with Gasteiger partial charge in [0.1, 0.15) is 11.2 Å². The van der Waals surface area contributed by atoms with Gasteiger partial charge in [0.15, 0.2) is 5.78 Å². The predicted molar refractivity (Wildman–Crippen MR) is 61.1 cm³/mol. The number of carbonyl (C=O) groups is 1. The monoisotopic (exact) mass is 275 g/mol. The molecule has 1 heterocycles. The average Bonchev–Trinajstić information content (AvgIpc) is 2.78. The number of rotatable bonds is 3. The Balaban J connectivity index is 2.22. The summed E-state index contributed by atoms with van der Waals surface area (Å²) in [6.45, 7) is -0.237. The molecule has 0 saturated carbocycles. The molecule has 1 aromatic rings. The fraction of sp³-hybridized carbons (Fsp3) is 0.462. The Morgan fingerprint density at radius 1 is 1.37 bits per heavy atom. The highest BCUT2D eigenvalue weighted by Crippen LogP contribution is 2.44. The molecule has 2 nitrogen and oxygen atoms in total. The van der Waals surface area contributed by atoms with Gasteiger partial charge in [-0.2, -0.15) is 13.2 Å². The Morgan fingerprint density at radius 3 is 2.63 bits per heavy atom. The van der Waals surface area contributed by atoms with Gasteiger partial charge in [0.05, 0.1) is 0 Å². The van der Waals surface area contributed by atoms with Crippen molar-refractivity contribution in [2.24, 2.45) is 5.41 Å². The van der Waals surface area contributed by atoms with Gasteiger partial charge in [0.2, 0.25) is 0 Å². The first-order valence-corrected chi connectivity index (χ1v) is 5.90. The number of ketones is 1. The lowest BCUT2D eigenvalue weighted by molar-refractivity contribution is -0.214. The second-order valence-corrected chi connectivity index (χ2v) is 4.74. The molecule has 1 N–H and O–H groups in total. The first-order valence-electron chi connectivity index (χ1n) is 5.90. The van der Waals surface area contributed by atoms with Crippen LogP contribution >= 0.6 is 0 Å². The molecule has 1 saturated heterocycles. The quantitative estimate of drug-likeness (QED) is 0.859. The van der Waals surface area contributed by atoms with Crippen molar-refractivity contribution >= 4 is 5.78 Å². The second-order valence-electron chi connectivity index (χ2n) is 4.74. The molecule has 0 spiro atoms. The number of carbonyl (C=O) groups excluding carboxylic acids is 1. The minimum absolute atomic E-state index is 0.161. The molecular weight excluding hydrogens is 262 g/mol. The molecule has 0 bridgehead atoms. The molecule has 104 valence electrons. The van der Waals surface area contributed by atoms with Crippen molar-refractivity contribution in [3.05, 3.63) is 35.6 Å². The van der Waals surface area contributed by atoms with Gasteiger partial charge >= 0.3 is 6.18 Å². The van der Waals surface area contributed by atoms with Crippen molar-refractivity contribution < 1.29 is 22.4 Å². The summed E-state index contributed by atoms with van der Waals surface area (Å²) in [5.74, 6) is -1.47. The number of Topliss-reactive ketones (excluding diaryl/α,β-unsaturated/α-hetero) is 1. The van der Waals surface area contributed by atoms with Crippen LogP contribution in [0.15, 0.2) is 24.3 Å². The molecule has 1 fully saturated rings. The first kappa shape index (κ1) is 14.0. The summed E-state index contributed by atoms with van der Waals surface area (Å²) in [4.78, 5) is 12.0. The van der Waals surface area contributed by atoms with E-state index in [4.69, 9.17) is 0 Å². The molecule has 19 heavy (non-hydrogen) atoms. The zero-order valence-electron chi connectivity index (χ0n) is 10.1. The fourth-order valence-electron chi connectivity index (χ4n) is 2.33. The van der Waals surface area contributed by atoms with Crippen LogP contribution in [-0.4, -0.2) is 25.0 Å². The summed E-state index contributed by atoms with van der Waals surface area (Å²) in [7, 11) is 0. The van der Waals surface area contributed by atoms with Gasteiger partial charge in [-0.05, 0) is 30.7 Å². The molecule has 2 rings (SSSR count). The van der Waals surface area contributed by atoms with Crippen LogP contribution in [0.1, 0.15) is 12.0 Å². The average molecular weight is 275 g/mol. The third-order valence-corrected chi connectivity index (χ3v) is 3.49. The SMILES string of the molecule is O=C(Cc1cccc(F)c1)C1(C(F)(F)F)CCNC1. The van der Waals surface area contributed by atoms with Gasteiger partial charge in [0.25, 0.3) is 0 Å². The summed E-state index contributed by atoms with van der Waals surface area (Å²) >= 11 is 0. The number of hydrogen-bond donors (Lipinski definition) is 1. The van der Waals surface area contributed by atoms with Crippen molar-refractivity contribution in [1.82, 2.24) is 5.32 Å². The lowest BCUT2D eigenvalue weighted by Gasteiger charge is -2.29. The zero-order chi connectivity index (χ0) is 14.1. The van der Waals surface area contributed by atoms with E-state index in [9.17, 15) is 22.4 Å². The van der Waals surface area contributed by atoms with E-state index in [-0.39, 0.29) is 18.5 Å². The molecule has 0 aromatic heterocycles. The smallest absolute Gasteiger partial charge is 0.315 e. The van der Waals surface area contributed by atoms with Crippen LogP contribution in [0, 0.1) is 11.2 Å². The van der Waals surface area contributed by atoms with Gasteiger partial charge in [-0.15, -0.1) is 0 Å². The standard InChI is InChI=1S/C13H13F4NO/c14-10-3-1-2-9(6-10)7-11(19)12(13(15,16)17)4-5-18-8-12/h1-3,6,18H,4-5,7-8H2. The van der Waals surface area contributed by atoms with E-state index in [1.54, 1.807) is 0 Å². The lowest BCUT2D eigenvalue weighted by Crippen LogP contribution is -2.47. The maximum Gasteiger partial charge on any atom is 0.402 e. The molecule has 1 unspecified atom stereocenters. The Hall–Kier alpha value is -1.43. The van der Waals surface area contributed by atoms with Crippen LogP contribution in [0.5, 0.6) is 0 Å². The Labute approximate surface area is 107 Å². The normalized spacial score (nSPS) is 23.6. The minimum atomic E-state index is -4.58. The van der Waals surface area contributed by atoms with E-state index >= 15 is 0 Å². The van der Waals surface area contributed by atoms with Crippen LogP contribution in [0.2, 0.25) is 0 Å². The van der Waals surface area contributed by atoms with E-state index in [0.29, 0.717) is 0 Å². The third kappa shape index (κ3) is 2.63. The summed E-state index contributed by atoms with van der Waals surface area (Å²) in [6, 6.07) is 5.10. The van der Waals surface area contributed by atoms with Crippen molar-refractivity contribution in [2.45, 2.75) is 19.0 Å². The molecule has 0 aliphatic carbocycles. The van der Waals surface area contributed by atoms with Crippen LogP contribution in [0.4, 0.5) is 17.6 Å². The van der Waals surface area contributed by atoms with Crippen molar-refractivity contribution in [2.75, 3.05) is 13.1 Å². The van der Waals surface area contributed by atoms with E-state index < -0.39 is 36.2 Å². The van der Waals surface area contributed by atoms with Gasteiger partial charge < -0.3 is 5.32 Å². The van der Waals surface area contributed by atoms with Gasteiger partial charge in [-0.3, -0.25) is 4.79 Å². The minimum Gasteiger partial charge on any atom is -0.315 e. The molecule has 0 amide bonds. The van der Waals surface area contributed by atoms with Crippen LogP contribution < -0.4 is 5.32 Å². The summed E-state index contributed by atoms with van der Waals surface area (Å²) < 4.78 is 52.3. The maximum atomic E-state index is 13.1. The van der Waals surface area contributed by atoms with E-state index in [1.165, 1.54) is 18.2 Å². The molecule has 6 heteroatoms. The fourth-order valence-corrected chi connectivity index (χ4v) is 2.33. The second kappa shape index (κ2) is 4.92. The Kier molecular flexibility index (Phi) is 3.62. The number of benzene rings is 1. The molecule has 1 atom stereocenters. The summed E-state index contributed by atoms with van der Waals surface area (Å²) in [6.07, 6.45) is -5.25. The molecule has 0 radical (unpaired) electrons. The highest BCUT2D eigenvalue weighted by atomic mass is 19.4. The maximum absolute atomic E-state index is 13.1. The molecular formula is C13H13F4NO. The van der Waals surface area contributed by atoms with Crippen molar-refractivity contribution in [3.63, 3.8) is 0 Å². The Bertz CT molecular complexity index is 478. The summed E-state index contributed by atoms with van der Waals surface area (Å²) in [5, 5.41) is 2.58. The van der Waals surface area contributed by atoms with Crippen molar-refractivity contribution in [1.29, 1.82) is 0 Å². The highest BCUT2D eigenvalue weighted by Gasteiger charge is 2.60. The number of hydrogen-bond acceptors (Lipinski definition) is 2. The largest absolute Gasteiger partial charge is 0.402 e. The van der Waals surface area contributed by atoms with E-state index in [1.807, 2.05) is 0 Å². The number of nitrogens with one attached hydrogen (secondary N) is 1. The number of alkyl halides is 3. The van der Waals surface area contributed by atoms with Crippen molar-refractivity contribution in [3.8, 4) is 0 Å². The number of halogens is 4. The van der Waals surface area contributed by atoms with Crippen LogP contribution in [-0.2, 0) is 11.2 Å². The van der Waals surface area contributed by atoms with Gasteiger partial charge in [-0.25, -0.2) is 4.39 Å². The van der Waals surface area contributed by atoms with Crippen LogP contribution in [0.3, 0.4) is 0 Å². The highest BCUT2D eigenvalue weighted by molar-refractivity contribution is 5.88. The van der Waals surface area contributed by atoms with E-state index in [0.717, 1.165) is 6.07 Å². The Morgan fingerprint density at radius 2 is 2.11 bits per heavy atom. The lowest BCUT2D eigenvalue weighted by atomic mass is 9.79.